The molecule has 0 aromatic carbocycles. The molecule has 3 nitrogen and oxygen atoms in total. The van der Waals surface area contributed by atoms with Crippen molar-refractivity contribution >= 4 is 28.7 Å². The molecule has 0 aromatic heterocycles. The van der Waals surface area contributed by atoms with Gasteiger partial charge in [-0.25, -0.2) is 4.79 Å². The molecule has 0 aliphatic carbocycles. The molecular formula is C6H8INO2. The smallest absolute Gasteiger partial charge is 0.405 e. The summed E-state index contributed by atoms with van der Waals surface area (Å²) < 4.78 is 5.24. The van der Waals surface area contributed by atoms with Gasteiger partial charge in [-0.2, -0.15) is 0 Å². The van der Waals surface area contributed by atoms with Crippen LogP contribution < -0.4 is 5.73 Å². The summed E-state index contributed by atoms with van der Waals surface area (Å²) in [6, 6.07) is 0. The molecule has 0 bridgehead atoms. The van der Waals surface area contributed by atoms with Gasteiger partial charge < -0.3 is 10.5 Å². The van der Waals surface area contributed by atoms with Crippen molar-refractivity contribution in [1.82, 2.24) is 0 Å². The van der Waals surface area contributed by atoms with Crippen LogP contribution >= 0.6 is 22.6 Å². The molecule has 0 spiro atoms. The highest BCUT2D eigenvalue weighted by Gasteiger charge is 1.98. The van der Waals surface area contributed by atoms with Crippen molar-refractivity contribution < 1.29 is 9.53 Å². The Labute approximate surface area is 73.4 Å². The number of carbonyl (C=O) groups is 1. The third-order valence-corrected chi connectivity index (χ3v) is 1.05. The highest BCUT2D eigenvalue weighted by Crippen LogP contribution is 1.87. The number of halogens is 1. The van der Waals surface area contributed by atoms with Gasteiger partial charge in [0, 0.05) is 0 Å². The summed E-state index contributed by atoms with van der Waals surface area (Å²) in [5, 5.41) is 0. The zero-order chi connectivity index (χ0) is 7.98. The van der Waals surface area contributed by atoms with Gasteiger partial charge in [0.1, 0.15) is 0 Å². The van der Waals surface area contributed by atoms with Gasteiger partial charge in [-0.15, -0.1) is 0 Å². The quantitative estimate of drug-likeness (QED) is 0.429. The van der Waals surface area contributed by atoms with Crippen molar-refractivity contribution in [2.75, 3.05) is 4.43 Å². The van der Waals surface area contributed by atoms with Crippen molar-refractivity contribution in [1.29, 1.82) is 0 Å². The van der Waals surface area contributed by atoms with Crippen LogP contribution in [-0.2, 0) is 4.74 Å². The van der Waals surface area contributed by atoms with Gasteiger partial charge >= 0.3 is 6.09 Å². The fraction of sp³-hybridized carbons (Fsp3) is 0.500. The predicted octanol–water partition coefficient (Wildman–Crippen LogP) is 0.909. The first-order chi connectivity index (χ1) is 4.66. The largest absolute Gasteiger partial charge is 0.433 e. The van der Waals surface area contributed by atoms with Crippen molar-refractivity contribution in [3.63, 3.8) is 0 Å². The molecule has 56 valence electrons. The van der Waals surface area contributed by atoms with Crippen molar-refractivity contribution in [2.24, 2.45) is 5.73 Å². The first kappa shape index (κ1) is 9.56. The highest BCUT2D eigenvalue weighted by molar-refractivity contribution is 14.1. The Kier molecular flexibility index (Phi) is 5.12. The summed E-state index contributed by atoms with van der Waals surface area (Å²) in [7, 11) is 0. The molecule has 0 saturated heterocycles. The molecule has 0 rings (SSSR count). The molecule has 0 saturated carbocycles. The molecule has 1 unspecified atom stereocenters. The van der Waals surface area contributed by atoms with E-state index >= 15 is 0 Å². The Balaban J connectivity index is 3.63. The van der Waals surface area contributed by atoms with Gasteiger partial charge in [-0.05, 0) is 6.92 Å². The van der Waals surface area contributed by atoms with E-state index in [1.54, 1.807) is 6.92 Å². The third kappa shape index (κ3) is 5.69. The van der Waals surface area contributed by atoms with E-state index in [1.165, 1.54) is 0 Å². The van der Waals surface area contributed by atoms with E-state index in [9.17, 15) is 4.79 Å². The number of carbonyl (C=O) groups excluding carboxylic acids is 1. The Morgan fingerprint density at radius 1 is 1.90 bits per heavy atom. The lowest BCUT2D eigenvalue weighted by Crippen LogP contribution is -2.18. The van der Waals surface area contributed by atoms with Crippen LogP contribution in [-0.4, -0.2) is 16.6 Å². The minimum atomic E-state index is -0.782. The molecule has 1 atom stereocenters. The molecule has 0 fully saturated rings. The van der Waals surface area contributed by atoms with Crippen LogP contribution in [0.25, 0.3) is 0 Å². The lowest BCUT2D eigenvalue weighted by molar-refractivity contribution is 0.141. The standard InChI is InChI=1S/C6H8INO2/c1-5(3-2-4-7)10-6(8)9/h5H,4H2,1H3,(H2,8,9). The van der Waals surface area contributed by atoms with Gasteiger partial charge in [0.25, 0.3) is 0 Å². The van der Waals surface area contributed by atoms with Crippen LogP contribution in [0.3, 0.4) is 0 Å². The SMILES string of the molecule is CC(C#CCI)OC(N)=O. The van der Waals surface area contributed by atoms with Crippen LogP contribution in [0.1, 0.15) is 6.92 Å². The number of rotatable bonds is 1. The Morgan fingerprint density at radius 3 is 2.90 bits per heavy atom. The van der Waals surface area contributed by atoms with E-state index in [2.05, 4.69) is 39.2 Å². The molecule has 0 aliphatic heterocycles. The summed E-state index contributed by atoms with van der Waals surface area (Å²) in [5.41, 5.74) is 4.73. The van der Waals surface area contributed by atoms with Crippen molar-refractivity contribution in [3.8, 4) is 11.8 Å². The van der Waals surface area contributed by atoms with Gasteiger partial charge in [-0.3, -0.25) is 0 Å². The fourth-order valence-electron chi connectivity index (χ4n) is 0.386. The maximum absolute atomic E-state index is 10.1. The first-order valence-corrected chi connectivity index (χ1v) is 4.20. The second kappa shape index (κ2) is 5.35. The molecule has 4 heteroatoms. The number of amides is 1. The monoisotopic (exact) mass is 253 g/mol. The second-order valence-corrected chi connectivity index (χ2v) is 2.30. The highest BCUT2D eigenvalue weighted by atomic mass is 127. The van der Waals surface area contributed by atoms with E-state index in [0.717, 1.165) is 4.43 Å². The predicted molar refractivity (Wildman–Crippen MR) is 46.8 cm³/mol. The van der Waals surface area contributed by atoms with Crippen LogP contribution in [0.4, 0.5) is 4.79 Å². The first-order valence-electron chi connectivity index (χ1n) is 2.67. The Hall–Kier alpha value is -0.440. The molecule has 0 heterocycles. The zero-order valence-corrected chi connectivity index (χ0v) is 7.71. The number of primary amides is 1. The average molecular weight is 253 g/mol. The minimum Gasteiger partial charge on any atom is -0.433 e. The zero-order valence-electron chi connectivity index (χ0n) is 5.56. The Morgan fingerprint density at radius 2 is 2.50 bits per heavy atom. The van der Waals surface area contributed by atoms with Gasteiger partial charge in [0.05, 0.1) is 4.43 Å². The minimum absolute atomic E-state index is 0.396. The summed E-state index contributed by atoms with van der Waals surface area (Å²) in [4.78, 5) is 10.1. The number of hydrogen-bond donors (Lipinski definition) is 1. The summed E-state index contributed by atoms with van der Waals surface area (Å²) >= 11 is 2.11. The van der Waals surface area contributed by atoms with Gasteiger partial charge in [0.2, 0.25) is 0 Å². The maximum atomic E-state index is 10.1. The Bertz CT molecular complexity index is 170. The molecule has 0 aromatic rings. The molecule has 2 N–H and O–H groups in total. The van der Waals surface area contributed by atoms with E-state index in [-0.39, 0.29) is 0 Å². The van der Waals surface area contributed by atoms with Crippen molar-refractivity contribution in [3.05, 3.63) is 0 Å². The summed E-state index contributed by atoms with van der Waals surface area (Å²) in [6.07, 6.45) is -1.18. The second-order valence-electron chi connectivity index (χ2n) is 1.53. The molecule has 10 heavy (non-hydrogen) atoms. The normalized spacial score (nSPS) is 11.0. The van der Waals surface area contributed by atoms with Crippen molar-refractivity contribution in [2.45, 2.75) is 13.0 Å². The molecular weight excluding hydrogens is 245 g/mol. The fourth-order valence-corrected chi connectivity index (χ4v) is 0.606. The average Bonchev–Trinajstić information content (AvgIpc) is 1.82. The lowest BCUT2D eigenvalue weighted by atomic mass is 10.4. The van der Waals surface area contributed by atoms with E-state index in [0.29, 0.717) is 0 Å². The molecule has 0 radical (unpaired) electrons. The third-order valence-electron chi connectivity index (χ3n) is 0.665. The molecule has 0 aliphatic rings. The van der Waals surface area contributed by atoms with Crippen LogP contribution in [0, 0.1) is 11.8 Å². The van der Waals surface area contributed by atoms with E-state index in [4.69, 9.17) is 5.73 Å². The topological polar surface area (TPSA) is 52.3 Å². The van der Waals surface area contributed by atoms with E-state index < -0.39 is 12.2 Å². The van der Waals surface area contributed by atoms with Gasteiger partial charge in [-0.1, -0.05) is 34.4 Å². The number of nitrogens with two attached hydrogens (primary N) is 1. The van der Waals surface area contributed by atoms with Crippen LogP contribution in [0.15, 0.2) is 0 Å². The summed E-state index contributed by atoms with van der Waals surface area (Å²) in [5.74, 6) is 5.44. The van der Waals surface area contributed by atoms with Gasteiger partial charge in [0.15, 0.2) is 6.10 Å². The number of hydrogen-bond acceptors (Lipinski definition) is 2. The number of ether oxygens (including phenoxy) is 1. The summed E-state index contributed by atoms with van der Waals surface area (Å²) in [6.45, 7) is 1.67. The van der Waals surface area contributed by atoms with E-state index in [1.807, 2.05) is 0 Å². The van der Waals surface area contributed by atoms with Crippen LogP contribution in [0.5, 0.6) is 0 Å². The maximum Gasteiger partial charge on any atom is 0.405 e. The molecule has 1 amide bonds. The lowest BCUT2D eigenvalue weighted by Gasteiger charge is -2.01. The van der Waals surface area contributed by atoms with Crippen LogP contribution in [0.2, 0.25) is 0 Å². The number of alkyl halides is 1.